The summed E-state index contributed by atoms with van der Waals surface area (Å²) in [5.41, 5.74) is 19.3. The van der Waals surface area contributed by atoms with Gasteiger partial charge in [0.25, 0.3) is 0 Å². The van der Waals surface area contributed by atoms with Crippen molar-refractivity contribution in [3.8, 4) is 22.3 Å². The van der Waals surface area contributed by atoms with Gasteiger partial charge in [0.15, 0.2) is 0 Å². The molecule has 0 unspecified atom stereocenters. The summed E-state index contributed by atoms with van der Waals surface area (Å²) in [5, 5.41) is 4.51. The SMILES string of the molecule is CC1=C(c2ccccc2)c2c(-c3ccccc3)ccc([Si](C)(c3ccccc3)c3ccc(-c4ccccc4)c4c3CC(C)=C4c3ccccc3)c2C1. The van der Waals surface area contributed by atoms with E-state index in [2.05, 4.69) is 196 Å². The molecule has 7 aromatic rings. The number of benzene rings is 7. The van der Waals surface area contributed by atoms with Crippen molar-refractivity contribution >= 4 is 34.8 Å². The van der Waals surface area contributed by atoms with E-state index in [0.717, 1.165) is 12.8 Å². The number of hydrogen-bond acceptors (Lipinski definition) is 0. The smallest absolute Gasteiger partial charge is 0.0624 e. The Balaban J connectivity index is 1.35. The van der Waals surface area contributed by atoms with Crippen molar-refractivity contribution in [2.75, 3.05) is 0 Å². The van der Waals surface area contributed by atoms with E-state index in [0.29, 0.717) is 0 Å². The first-order valence-electron chi connectivity index (χ1n) is 18.5. The predicted octanol–water partition coefficient (Wildman–Crippen LogP) is 10.9. The molecule has 0 fully saturated rings. The second kappa shape index (κ2) is 13.1. The molecular formula is C51H42Si. The third-order valence-corrected chi connectivity index (χ3v) is 16.2. The van der Waals surface area contributed by atoms with Gasteiger partial charge >= 0.3 is 0 Å². The van der Waals surface area contributed by atoms with Crippen molar-refractivity contribution in [3.63, 3.8) is 0 Å². The molecule has 2 aliphatic rings. The summed E-state index contributed by atoms with van der Waals surface area (Å²) in [6.45, 7) is 7.34. The van der Waals surface area contributed by atoms with Gasteiger partial charge in [-0.15, -0.1) is 0 Å². The highest BCUT2D eigenvalue weighted by Crippen LogP contribution is 2.45. The Labute approximate surface area is 309 Å². The lowest BCUT2D eigenvalue weighted by Crippen LogP contribution is -2.66. The van der Waals surface area contributed by atoms with E-state index >= 15 is 0 Å². The molecule has 0 radical (unpaired) electrons. The van der Waals surface area contributed by atoms with E-state index in [1.54, 1.807) is 0 Å². The average Bonchev–Trinajstić information content (AvgIpc) is 3.74. The Hall–Kier alpha value is -5.76. The lowest BCUT2D eigenvalue weighted by Gasteiger charge is -2.34. The lowest BCUT2D eigenvalue weighted by atomic mass is 9.90. The van der Waals surface area contributed by atoms with Crippen molar-refractivity contribution in [3.05, 3.63) is 220 Å². The quantitative estimate of drug-likeness (QED) is 0.116. The van der Waals surface area contributed by atoms with E-state index in [-0.39, 0.29) is 0 Å². The fourth-order valence-electron chi connectivity index (χ4n) is 9.24. The summed E-state index contributed by atoms with van der Waals surface area (Å²) in [5.74, 6) is 0. The summed E-state index contributed by atoms with van der Waals surface area (Å²) in [4.78, 5) is 0. The first-order chi connectivity index (χ1) is 25.5. The Bertz CT molecular complexity index is 2330. The third kappa shape index (κ3) is 5.19. The number of rotatable bonds is 7. The molecule has 7 aromatic carbocycles. The fraction of sp³-hybridized carbons (Fsp3) is 0.0980. The van der Waals surface area contributed by atoms with E-state index in [9.17, 15) is 0 Å². The van der Waals surface area contributed by atoms with E-state index in [4.69, 9.17) is 0 Å². The van der Waals surface area contributed by atoms with Crippen LogP contribution in [0.5, 0.6) is 0 Å². The summed E-state index contributed by atoms with van der Waals surface area (Å²) in [7, 11) is -2.61. The Kier molecular flexibility index (Phi) is 8.10. The van der Waals surface area contributed by atoms with Crippen molar-refractivity contribution in [2.24, 2.45) is 0 Å². The van der Waals surface area contributed by atoms with Crippen LogP contribution in [0.4, 0.5) is 0 Å². The molecule has 0 aliphatic heterocycles. The maximum atomic E-state index is 2.63. The Morgan fingerprint density at radius 1 is 0.365 bits per heavy atom. The molecule has 0 spiro atoms. The van der Waals surface area contributed by atoms with E-state index in [1.165, 1.54) is 93.5 Å². The lowest BCUT2D eigenvalue weighted by molar-refractivity contribution is 1.20. The van der Waals surface area contributed by atoms with Gasteiger partial charge in [-0.25, -0.2) is 0 Å². The molecule has 0 bridgehead atoms. The minimum absolute atomic E-state index is 0.960. The van der Waals surface area contributed by atoms with Crippen LogP contribution in [0.1, 0.15) is 47.2 Å². The van der Waals surface area contributed by atoms with Crippen LogP contribution < -0.4 is 15.6 Å². The predicted molar refractivity (Wildman–Crippen MR) is 224 cm³/mol. The van der Waals surface area contributed by atoms with Crippen molar-refractivity contribution in [2.45, 2.75) is 33.2 Å². The van der Waals surface area contributed by atoms with Crippen LogP contribution in [-0.4, -0.2) is 8.07 Å². The van der Waals surface area contributed by atoms with Crippen LogP contribution in [0.2, 0.25) is 6.55 Å². The Morgan fingerprint density at radius 2 is 0.692 bits per heavy atom. The number of fused-ring (bicyclic) bond motifs is 2. The minimum Gasteiger partial charge on any atom is -0.0624 e. The number of hydrogen-bond donors (Lipinski definition) is 0. The van der Waals surface area contributed by atoms with Gasteiger partial charge in [-0.1, -0.05) is 194 Å². The first kappa shape index (κ1) is 32.2. The van der Waals surface area contributed by atoms with Crippen LogP contribution in [0.25, 0.3) is 33.4 Å². The zero-order chi connectivity index (χ0) is 35.2. The second-order valence-electron chi connectivity index (χ2n) is 14.6. The molecule has 52 heavy (non-hydrogen) atoms. The van der Waals surface area contributed by atoms with Gasteiger partial charge in [-0.05, 0) is 109 Å². The highest BCUT2D eigenvalue weighted by atomic mass is 28.3. The van der Waals surface area contributed by atoms with Gasteiger partial charge in [0, 0.05) is 0 Å². The van der Waals surface area contributed by atoms with Gasteiger partial charge < -0.3 is 0 Å². The van der Waals surface area contributed by atoms with Gasteiger partial charge in [0.2, 0.25) is 0 Å². The maximum Gasteiger partial charge on any atom is 0.146 e. The molecular weight excluding hydrogens is 641 g/mol. The largest absolute Gasteiger partial charge is 0.146 e. The van der Waals surface area contributed by atoms with Crippen LogP contribution in [0, 0.1) is 0 Å². The normalized spacial score (nSPS) is 13.8. The monoisotopic (exact) mass is 682 g/mol. The molecule has 0 amide bonds. The van der Waals surface area contributed by atoms with Crippen LogP contribution in [-0.2, 0) is 12.8 Å². The second-order valence-corrected chi connectivity index (χ2v) is 18.6. The van der Waals surface area contributed by atoms with Gasteiger partial charge in [-0.3, -0.25) is 0 Å². The summed E-state index contributed by atoms with van der Waals surface area (Å²) in [6, 6.07) is 65.5. The first-order valence-corrected chi connectivity index (χ1v) is 21.0. The van der Waals surface area contributed by atoms with Crippen LogP contribution in [0.3, 0.4) is 0 Å². The molecule has 9 rings (SSSR count). The topological polar surface area (TPSA) is 0 Å². The van der Waals surface area contributed by atoms with Crippen molar-refractivity contribution in [1.82, 2.24) is 0 Å². The zero-order valence-electron chi connectivity index (χ0n) is 30.2. The van der Waals surface area contributed by atoms with Gasteiger partial charge in [0.1, 0.15) is 8.07 Å². The zero-order valence-corrected chi connectivity index (χ0v) is 31.2. The molecule has 2 aliphatic carbocycles. The Morgan fingerprint density at radius 3 is 1.06 bits per heavy atom. The standard InChI is InChI=1S/C51H42Si/c1-35-33-44-46(31-29-42(37-19-9-4-10-20-37)50(44)48(35)39-23-13-6-14-24-39)52(3,41-27-17-8-18-28-41)47-32-30-43(38-21-11-5-12-22-38)51-45(47)34-36(2)49(51)40-25-15-7-16-26-40/h4-32H,33-34H2,1-3H3. The maximum absolute atomic E-state index is 2.63. The third-order valence-electron chi connectivity index (χ3n) is 11.6. The summed E-state index contributed by atoms with van der Waals surface area (Å²) < 4.78 is 0. The van der Waals surface area contributed by atoms with Gasteiger partial charge in [-0.2, -0.15) is 0 Å². The van der Waals surface area contributed by atoms with E-state index in [1.807, 2.05) is 0 Å². The van der Waals surface area contributed by atoms with E-state index < -0.39 is 8.07 Å². The molecule has 0 aromatic heterocycles. The molecule has 0 heterocycles. The van der Waals surface area contributed by atoms with Gasteiger partial charge in [0.05, 0.1) is 0 Å². The molecule has 0 saturated carbocycles. The molecule has 1 heteroatoms. The van der Waals surface area contributed by atoms with Crippen LogP contribution in [0.15, 0.2) is 187 Å². The van der Waals surface area contributed by atoms with Crippen molar-refractivity contribution in [1.29, 1.82) is 0 Å². The summed E-state index contributed by atoms with van der Waals surface area (Å²) >= 11 is 0. The average molecular weight is 683 g/mol. The summed E-state index contributed by atoms with van der Waals surface area (Å²) in [6.07, 6.45) is 1.92. The fourth-order valence-corrected chi connectivity index (χ4v) is 13.5. The molecule has 0 saturated heterocycles. The minimum atomic E-state index is -2.61. The van der Waals surface area contributed by atoms with Crippen molar-refractivity contribution < 1.29 is 0 Å². The highest BCUT2D eigenvalue weighted by Gasteiger charge is 2.42. The molecule has 250 valence electrons. The molecule has 0 atom stereocenters. The molecule has 0 N–H and O–H groups in total. The van der Waals surface area contributed by atoms with Crippen LogP contribution >= 0.6 is 0 Å². The number of allylic oxidation sites excluding steroid dienone is 2. The highest BCUT2D eigenvalue weighted by molar-refractivity contribution is 7.11. The molecule has 0 nitrogen and oxygen atoms in total.